The van der Waals surface area contributed by atoms with Gasteiger partial charge in [0, 0.05) is 16.9 Å². The summed E-state index contributed by atoms with van der Waals surface area (Å²) in [6, 6.07) is 4.25. The molecule has 2 rings (SSSR count). The van der Waals surface area contributed by atoms with Gasteiger partial charge in [-0.05, 0) is 38.5 Å². The molecular weight excluding hydrogens is 245 g/mol. The van der Waals surface area contributed by atoms with Crippen LogP contribution in [0.2, 0.25) is 0 Å². The molecule has 19 heavy (non-hydrogen) atoms. The molecule has 0 aliphatic heterocycles. The van der Waals surface area contributed by atoms with Gasteiger partial charge in [-0.15, -0.1) is 0 Å². The van der Waals surface area contributed by atoms with Crippen molar-refractivity contribution in [3.05, 3.63) is 52.9 Å². The molecule has 4 nitrogen and oxygen atoms in total. The number of halogens is 1. The predicted molar refractivity (Wildman–Crippen MR) is 70.6 cm³/mol. The Labute approximate surface area is 110 Å². The Morgan fingerprint density at radius 2 is 1.95 bits per heavy atom. The Bertz CT molecular complexity index is 641. The largest absolute Gasteiger partial charge is 0.320 e. The van der Waals surface area contributed by atoms with Crippen LogP contribution in [-0.4, -0.2) is 15.9 Å². The second-order valence-corrected chi connectivity index (χ2v) is 4.35. The molecule has 1 heterocycles. The van der Waals surface area contributed by atoms with Crippen LogP contribution in [0.1, 0.15) is 27.3 Å². The fourth-order valence-corrected chi connectivity index (χ4v) is 1.68. The number of amides is 1. The number of hydrogen-bond donors (Lipinski definition) is 1. The van der Waals surface area contributed by atoms with Gasteiger partial charge in [-0.3, -0.25) is 4.79 Å². The van der Waals surface area contributed by atoms with E-state index in [1.807, 2.05) is 0 Å². The van der Waals surface area contributed by atoms with E-state index in [9.17, 15) is 9.18 Å². The van der Waals surface area contributed by atoms with E-state index < -0.39 is 5.82 Å². The highest BCUT2D eigenvalue weighted by molar-refractivity contribution is 6.04. The molecule has 0 atom stereocenters. The number of aromatic nitrogens is 2. The summed E-state index contributed by atoms with van der Waals surface area (Å²) in [7, 11) is 0. The first-order chi connectivity index (χ1) is 8.99. The van der Waals surface area contributed by atoms with Gasteiger partial charge in [-0.25, -0.2) is 14.4 Å². The molecule has 0 radical (unpaired) electrons. The van der Waals surface area contributed by atoms with Crippen LogP contribution in [-0.2, 0) is 0 Å². The molecule has 0 spiro atoms. The zero-order chi connectivity index (χ0) is 14.0. The SMILES string of the molecule is Cc1ccc(F)cc1NC(=O)c1ncnc(C)c1C. The van der Waals surface area contributed by atoms with Gasteiger partial charge in [0.05, 0.1) is 0 Å². The average molecular weight is 259 g/mol. The van der Waals surface area contributed by atoms with E-state index in [-0.39, 0.29) is 5.91 Å². The quantitative estimate of drug-likeness (QED) is 0.902. The van der Waals surface area contributed by atoms with E-state index in [1.54, 1.807) is 26.8 Å². The Balaban J connectivity index is 2.31. The maximum absolute atomic E-state index is 13.2. The Morgan fingerprint density at radius 1 is 1.21 bits per heavy atom. The monoisotopic (exact) mass is 259 g/mol. The molecule has 98 valence electrons. The highest BCUT2D eigenvalue weighted by Gasteiger charge is 2.14. The lowest BCUT2D eigenvalue weighted by atomic mass is 10.1. The predicted octanol–water partition coefficient (Wildman–Crippen LogP) is 2.79. The molecule has 1 aromatic carbocycles. The van der Waals surface area contributed by atoms with Crippen LogP contribution in [0.5, 0.6) is 0 Å². The van der Waals surface area contributed by atoms with Crippen molar-refractivity contribution in [1.82, 2.24) is 9.97 Å². The first-order valence-corrected chi connectivity index (χ1v) is 5.84. The zero-order valence-corrected chi connectivity index (χ0v) is 11.0. The molecule has 0 aliphatic carbocycles. The minimum atomic E-state index is -0.392. The smallest absolute Gasteiger partial charge is 0.274 e. The van der Waals surface area contributed by atoms with Crippen molar-refractivity contribution in [3.8, 4) is 0 Å². The van der Waals surface area contributed by atoms with Crippen LogP contribution in [0, 0.1) is 26.6 Å². The number of benzene rings is 1. The van der Waals surface area contributed by atoms with Gasteiger partial charge in [0.1, 0.15) is 17.8 Å². The minimum absolute atomic E-state index is 0.302. The Morgan fingerprint density at radius 3 is 2.68 bits per heavy atom. The maximum atomic E-state index is 13.2. The summed E-state index contributed by atoms with van der Waals surface area (Å²) in [5.74, 6) is -0.756. The van der Waals surface area contributed by atoms with E-state index in [2.05, 4.69) is 15.3 Å². The van der Waals surface area contributed by atoms with Crippen LogP contribution >= 0.6 is 0 Å². The van der Waals surface area contributed by atoms with Gasteiger partial charge in [-0.1, -0.05) is 6.07 Å². The second-order valence-electron chi connectivity index (χ2n) is 4.35. The maximum Gasteiger partial charge on any atom is 0.274 e. The number of carbonyl (C=O) groups excluding carboxylic acids is 1. The molecule has 5 heteroatoms. The number of anilines is 1. The van der Waals surface area contributed by atoms with E-state index in [1.165, 1.54) is 18.5 Å². The Kier molecular flexibility index (Phi) is 3.55. The van der Waals surface area contributed by atoms with Crippen molar-refractivity contribution in [3.63, 3.8) is 0 Å². The number of nitrogens with one attached hydrogen (secondary N) is 1. The van der Waals surface area contributed by atoms with Crippen molar-refractivity contribution in [2.24, 2.45) is 0 Å². The summed E-state index contributed by atoms with van der Waals surface area (Å²) in [5, 5.41) is 2.67. The van der Waals surface area contributed by atoms with Crippen molar-refractivity contribution in [1.29, 1.82) is 0 Å². The van der Waals surface area contributed by atoms with Crippen LogP contribution in [0.15, 0.2) is 24.5 Å². The fraction of sp³-hybridized carbons (Fsp3) is 0.214. The molecule has 1 aromatic heterocycles. The highest BCUT2D eigenvalue weighted by Crippen LogP contribution is 2.17. The van der Waals surface area contributed by atoms with Gasteiger partial charge in [0.2, 0.25) is 0 Å². The molecular formula is C14H14FN3O. The first-order valence-electron chi connectivity index (χ1n) is 5.84. The van der Waals surface area contributed by atoms with Crippen molar-refractivity contribution in [2.75, 3.05) is 5.32 Å². The van der Waals surface area contributed by atoms with E-state index in [0.29, 0.717) is 16.9 Å². The lowest BCUT2D eigenvalue weighted by molar-refractivity contribution is 0.102. The molecule has 0 unspecified atom stereocenters. The van der Waals surface area contributed by atoms with Gasteiger partial charge in [0.25, 0.3) is 5.91 Å². The fourth-order valence-electron chi connectivity index (χ4n) is 1.68. The van der Waals surface area contributed by atoms with E-state index >= 15 is 0 Å². The summed E-state index contributed by atoms with van der Waals surface area (Å²) in [6.45, 7) is 5.39. The van der Waals surface area contributed by atoms with Crippen molar-refractivity contribution in [2.45, 2.75) is 20.8 Å². The highest BCUT2D eigenvalue weighted by atomic mass is 19.1. The number of rotatable bonds is 2. The third-order valence-corrected chi connectivity index (χ3v) is 3.00. The van der Waals surface area contributed by atoms with E-state index in [0.717, 1.165) is 11.3 Å². The third-order valence-electron chi connectivity index (χ3n) is 3.00. The number of hydrogen-bond acceptors (Lipinski definition) is 3. The first kappa shape index (κ1) is 13.1. The Hall–Kier alpha value is -2.30. The zero-order valence-electron chi connectivity index (χ0n) is 11.0. The standard InChI is InChI=1S/C14H14FN3O/c1-8-4-5-11(15)6-12(8)18-14(19)13-9(2)10(3)16-7-17-13/h4-7H,1-3H3,(H,18,19). The minimum Gasteiger partial charge on any atom is -0.320 e. The molecule has 0 aliphatic rings. The third kappa shape index (κ3) is 2.76. The normalized spacial score (nSPS) is 10.3. The lowest BCUT2D eigenvalue weighted by Gasteiger charge is -2.10. The van der Waals surface area contributed by atoms with E-state index in [4.69, 9.17) is 0 Å². The van der Waals surface area contributed by atoms with Crippen LogP contribution in [0.25, 0.3) is 0 Å². The summed E-state index contributed by atoms with van der Waals surface area (Å²) < 4.78 is 13.2. The van der Waals surface area contributed by atoms with Gasteiger partial charge >= 0.3 is 0 Å². The van der Waals surface area contributed by atoms with Crippen LogP contribution < -0.4 is 5.32 Å². The second kappa shape index (κ2) is 5.14. The molecule has 0 fully saturated rings. The molecule has 0 saturated heterocycles. The number of carbonyl (C=O) groups is 1. The van der Waals surface area contributed by atoms with Crippen LogP contribution in [0.4, 0.5) is 10.1 Å². The molecule has 2 aromatic rings. The molecule has 0 saturated carbocycles. The summed E-state index contributed by atoms with van der Waals surface area (Å²) in [6.07, 6.45) is 1.34. The van der Waals surface area contributed by atoms with Gasteiger partial charge < -0.3 is 5.32 Å². The number of aryl methyl sites for hydroxylation is 2. The lowest BCUT2D eigenvalue weighted by Crippen LogP contribution is -2.17. The van der Waals surface area contributed by atoms with Crippen molar-refractivity contribution >= 4 is 11.6 Å². The van der Waals surface area contributed by atoms with Crippen molar-refractivity contribution < 1.29 is 9.18 Å². The number of nitrogens with zero attached hydrogens (tertiary/aromatic N) is 2. The summed E-state index contributed by atoms with van der Waals surface area (Å²) in [5.41, 5.74) is 3.00. The topological polar surface area (TPSA) is 54.9 Å². The molecule has 1 N–H and O–H groups in total. The summed E-state index contributed by atoms with van der Waals surface area (Å²) >= 11 is 0. The average Bonchev–Trinajstić information content (AvgIpc) is 2.37. The molecule has 0 bridgehead atoms. The van der Waals surface area contributed by atoms with Gasteiger partial charge in [-0.2, -0.15) is 0 Å². The van der Waals surface area contributed by atoms with Crippen LogP contribution in [0.3, 0.4) is 0 Å². The van der Waals surface area contributed by atoms with Gasteiger partial charge in [0.15, 0.2) is 0 Å². The molecule has 1 amide bonds. The summed E-state index contributed by atoms with van der Waals surface area (Å²) in [4.78, 5) is 20.1.